The summed E-state index contributed by atoms with van der Waals surface area (Å²) in [7, 11) is 0. The molecule has 160 valence electrons. The molecule has 1 aromatic heterocycles. The molecule has 8 heteroatoms. The van der Waals surface area contributed by atoms with Crippen molar-refractivity contribution >= 4 is 23.6 Å². The number of esters is 1. The average Bonchev–Trinajstić information content (AvgIpc) is 2.76. The number of anilines is 1. The van der Waals surface area contributed by atoms with Gasteiger partial charge in [-0.25, -0.2) is 9.78 Å². The second-order valence-electron chi connectivity index (χ2n) is 6.53. The molecule has 0 aliphatic heterocycles. The van der Waals surface area contributed by atoms with Crippen LogP contribution in [0.1, 0.15) is 38.2 Å². The summed E-state index contributed by atoms with van der Waals surface area (Å²) in [4.78, 5) is 26.0. The second kappa shape index (κ2) is 12.9. The first-order chi connectivity index (χ1) is 14.6. The number of unbranched alkanes of at least 4 members (excludes halogenated alkanes) is 2. The molecule has 0 amide bonds. The van der Waals surface area contributed by atoms with Crippen molar-refractivity contribution in [3.8, 4) is 5.75 Å². The van der Waals surface area contributed by atoms with Crippen LogP contribution >= 0.6 is 0 Å². The molecule has 0 radical (unpaired) electrons. The predicted octanol–water partition coefficient (Wildman–Crippen LogP) is 4.62. The molecular weight excluding hydrogens is 386 g/mol. The van der Waals surface area contributed by atoms with Crippen molar-refractivity contribution in [2.75, 3.05) is 25.1 Å². The van der Waals surface area contributed by atoms with Gasteiger partial charge in [-0.1, -0.05) is 25.1 Å². The van der Waals surface area contributed by atoms with Crippen molar-refractivity contribution in [3.05, 3.63) is 64.3 Å². The number of rotatable bonds is 13. The smallest absolute Gasteiger partial charge is 0.330 e. The fraction of sp³-hybridized carbons (Fsp3) is 0.364. The highest BCUT2D eigenvalue weighted by molar-refractivity contribution is 5.87. The molecule has 0 saturated heterocycles. The Balaban J connectivity index is 1.60. The first kappa shape index (κ1) is 22.9. The fourth-order valence-electron chi connectivity index (χ4n) is 2.56. The minimum Gasteiger partial charge on any atom is -0.493 e. The van der Waals surface area contributed by atoms with E-state index in [0.717, 1.165) is 37.0 Å². The number of hydrogen-bond acceptors (Lipinski definition) is 7. The van der Waals surface area contributed by atoms with Gasteiger partial charge in [0.2, 0.25) is 0 Å². The quantitative estimate of drug-likeness (QED) is 0.168. The van der Waals surface area contributed by atoms with Gasteiger partial charge in [0.1, 0.15) is 17.8 Å². The van der Waals surface area contributed by atoms with Crippen LogP contribution in [-0.2, 0) is 9.53 Å². The van der Waals surface area contributed by atoms with Crippen molar-refractivity contribution in [1.82, 2.24) is 4.98 Å². The topological polar surface area (TPSA) is 104 Å². The van der Waals surface area contributed by atoms with Crippen LogP contribution in [0.3, 0.4) is 0 Å². The Morgan fingerprint density at radius 3 is 2.73 bits per heavy atom. The third-order valence-electron chi connectivity index (χ3n) is 4.11. The van der Waals surface area contributed by atoms with E-state index in [9.17, 15) is 14.9 Å². The number of pyridine rings is 1. The van der Waals surface area contributed by atoms with Gasteiger partial charge in [-0.3, -0.25) is 10.1 Å². The van der Waals surface area contributed by atoms with Crippen molar-refractivity contribution in [2.24, 2.45) is 0 Å². The monoisotopic (exact) mass is 413 g/mol. The molecule has 1 heterocycles. The Morgan fingerprint density at radius 2 is 2.00 bits per heavy atom. The maximum Gasteiger partial charge on any atom is 0.330 e. The molecule has 30 heavy (non-hydrogen) atoms. The van der Waals surface area contributed by atoms with Gasteiger partial charge in [0.05, 0.1) is 18.1 Å². The lowest BCUT2D eigenvalue weighted by atomic mass is 10.2. The van der Waals surface area contributed by atoms with Gasteiger partial charge in [0, 0.05) is 24.3 Å². The first-order valence-electron chi connectivity index (χ1n) is 10.0. The standard InChI is InChI=1S/C22H27N3O5/c1-2-15-29-20-9-5-4-8-18(20)10-13-22(26)30-16-7-3-6-14-23-21-12-11-19(17-24-21)25(27)28/h4-5,8-13,17H,2-3,6-7,14-16H2,1H3,(H,23,24)/b13-10+. The van der Waals surface area contributed by atoms with Crippen LogP contribution in [0.15, 0.2) is 48.7 Å². The molecular formula is C22H27N3O5. The summed E-state index contributed by atoms with van der Waals surface area (Å²) in [6, 6.07) is 10.5. The van der Waals surface area contributed by atoms with Crippen LogP contribution in [0.25, 0.3) is 6.08 Å². The fourth-order valence-corrected chi connectivity index (χ4v) is 2.56. The molecule has 2 rings (SSSR count). The van der Waals surface area contributed by atoms with E-state index < -0.39 is 4.92 Å². The lowest BCUT2D eigenvalue weighted by Crippen LogP contribution is -2.05. The minimum atomic E-state index is -0.480. The molecule has 0 atom stereocenters. The van der Waals surface area contributed by atoms with E-state index in [2.05, 4.69) is 10.3 Å². The minimum absolute atomic E-state index is 0.0339. The number of hydrogen-bond donors (Lipinski definition) is 1. The van der Waals surface area contributed by atoms with Crippen LogP contribution in [0.2, 0.25) is 0 Å². The van der Waals surface area contributed by atoms with Gasteiger partial charge >= 0.3 is 5.97 Å². The van der Waals surface area contributed by atoms with Gasteiger partial charge in [-0.15, -0.1) is 0 Å². The zero-order valence-corrected chi connectivity index (χ0v) is 17.1. The first-order valence-corrected chi connectivity index (χ1v) is 10.0. The number of ether oxygens (including phenoxy) is 2. The van der Waals surface area contributed by atoms with E-state index in [1.807, 2.05) is 31.2 Å². The van der Waals surface area contributed by atoms with Crippen molar-refractivity contribution in [2.45, 2.75) is 32.6 Å². The van der Waals surface area contributed by atoms with Crippen LogP contribution in [0.5, 0.6) is 5.75 Å². The van der Waals surface area contributed by atoms with E-state index in [1.54, 1.807) is 12.1 Å². The summed E-state index contributed by atoms with van der Waals surface area (Å²) < 4.78 is 10.9. The second-order valence-corrected chi connectivity index (χ2v) is 6.53. The molecule has 0 saturated carbocycles. The Hall–Kier alpha value is -3.42. The number of aromatic nitrogens is 1. The highest BCUT2D eigenvalue weighted by Crippen LogP contribution is 2.19. The molecule has 0 unspecified atom stereocenters. The maximum atomic E-state index is 11.9. The largest absolute Gasteiger partial charge is 0.493 e. The number of para-hydroxylation sites is 1. The third-order valence-corrected chi connectivity index (χ3v) is 4.11. The van der Waals surface area contributed by atoms with E-state index in [0.29, 0.717) is 25.6 Å². The molecule has 0 aliphatic rings. The summed E-state index contributed by atoms with van der Waals surface area (Å²) in [6.07, 6.45) is 7.76. The van der Waals surface area contributed by atoms with E-state index in [1.165, 1.54) is 18.3 Å². The highest BCUT2D eigenvalue weighted by atomic mass is 16.6. The van der Waals surface area contributed by atoms with Gasteiger partial charge < -0.3 is 14.8 Å². The lowest BCUT2D eigenvalue weighted by molar-refractivity contribution is -0.385. The van der Waals surface area contributed by atoms with E-state index in [4.69, 9.17) is 9.47 Å². The average molecular weight is 413 g/mol. The Labute approximate surface area is 176 Å². The normalized spacial score (nSPS) is 10.7. The SMILES string of the molecule is CCCOc1ccccc1/C=C/C(=O)OCCCCCNc1ccc([N+](=O)[O-])cn1. The Bertz CT molecular complexity index is 837. The van der Waals surface area contributed by atoms with Crippen LogP contribution in [-0.4, -0.2) is 35.6 Å². The third kappa shape index (κ3) is 8.30. The van der Waals surface area contributed by atoms with Crippen molar-refractivity contribution in [3.63, 3.8) is 0 Å². The van der Waals surface area contributed by atoms with Crippen LogP contribution in [0, 0.1) is 10.1 Å². The summed E-state index contributed by atoms with van der Waals surface area (Å²) >= 11 is 0. The predicted molar refractivity (Wildman–Crippen MR) is 115 cm³/mol. The zero-order chi connectivity index (χ0) is 21.6. The van der Waals surface area contributed by atoms with Crippen molar-refractivity contribution < 1.29 is 19.2 Å². The summed E-state index contributed by atoms with van der Waals surface area (Å²) in [5.41, 5.74) is 0.808. The number of benzene rings is 1. The molecule has 0 bridgehead atoms. The van der Waals surface area contributed by atoms with Gasteiger partial charge in [0.15, 0.2) is 0 Å². The molecule has 1 aromatic carbocycles. The Morgan fingerprint density at radius 1 is 1.17 bits per heavy atom. The molecule has 1 N–H and O–H groups in total. The number of nitro groups is 1. The molecule has 2 aromatic rings. The number of carbonyl (C=O) groups excluding carboxylic acids is 1. The highest BCUT2D eigenvalue weighted by Gasteiger charge is 2.05. The van der Waals surface area contributed by atoms with Crippen LogP contribution < -0.4 is 10.1 Å². The van der Waals surface area contributed by atoms with Gasteiger partial charge in [0.25, 0.3) is 5.69 Å². The van der Waals surface area contributed by atoms with Crippen LogP contribution in [0.4, 0.5) is 11.5 Å². The number of nitrogens with one attached hydrogen (secondary N) is 1. The van der Waals surface area contributed by atoms with E-state index in [-0.39, 0.29) is 11.7 Å². The van der Waals surface area contributed by atoms with Gasteiger partial charge in [-0.2, -0.15) is 0 Å². The molecule has 8 nitrogen and oxygen atoms in total. The maximum absolute atomic E-state index is 11.9. The number of carbonyl (C=O) groups is 1. The van der Waals surface area contributed by atoms with E-state index >= 15 is 0 Å². The molecule has 0 aliphatic carbocycles. The summed E-state index contributed by atoms with van der Waals surface area (Å²) in [5.74, 6) is 0.965. The van der Waals surface area contributed by atoms with Crippen molar-refractivity contribution in [1.29, 1.82) is 0 Å². The zero-order valence-electron chi connectivity index (χ0n) is 17.1. The number of nitrogens with zero attached hydrogens (tertiary/aromatic N) is 2. The molecule has 0 fully saturated rings. The summed E-state index contributed by atoms with van der Waals surface area (Å²) in [5, 5.41) is 13.7. The lowest BCUT2D eigenvalue weighted by Gasteiger charge is -2.07. The van der Waals surface area contributed by atoms with Gasteiger partial charge in [-0.05, 0) is 43.9 Å². The molecule has 0 spiro atoms. The Kier molecular flexibility index (Phi) is 9.85. The summed E-state index contributed by atoms with van der Waals surface area (Å²) in [6.45, 7) is 3.71.